The van der Waals surface area contributed by atoms with E-state index >= 15 is 0 Å². The van der Waals surface area contributed by atoms with Gasteiger partial charge in [-0.2, -0.15) is 9.72 Å². The van der Waals surface area contributed by atoms with Gasteiger partial charge < -0.3 is 5.21 Å². The van der Waals surface area contributed by atoms with Gasteiger partial charge in [-0.1, -0.05) is 0 Å². The van der Waals surface area contributed by atoms with E-state index in [4.69, 9.17) is 0 Å². The molecule has 0 aromatic carbocycles. The van der Waals surface area contributed by atoms with Crippen LogP contribution in [0.2, 0.25) is 0 Å². The first kappa shape index (κ1) is 8.35. The topological polar surface area (TPSA) is 106 Å². The van der Waals surface area contributed by atoms with Gasteiger partial charge in [0.05, 0.1) is 0 Å². The van der Waals surface area contributed by atoms with Crippen LogP contribution in [0.15, 0.2) is 15.9 Å². The number of amides is 1. The Kier molecular flexibility index (Phi) is 1.73. The molecule has 14 heavy (non-hydrogen) atoms. The number of nitrogens with zero attached hydrogens (tertiary/aromatic N) is 5. The molecule has 0 radical (unpaired) electrons. The van der Waals surface area contributed by atoms with Crippen LogP contribution >= 0.6 is 0 Å². The zero-order valence-electron chi connectivity index (χ0n) is 7.08. The highest BCUT2D eigenvalue weighted by atomic mass is 16.6. The predicted molar refractivity (Wildman–Crippen MR) is 41.0 cm³/mol. The van der Waals surface area contributed by atoms with Crippen molar-refractivity contribution in [1.29, 1.82) is 0 Å². The summed E-state index contributed by atoms with van der Waals surface area (Å²) in [4.78, 5) is 18.0. The van der Waals surface area contributed by atoms with E-state index in [1.807, 2.05) is 0 Å². The van der Waals surface area contributed by atoms with Gasteiger partial charge in [-0.25, -0.2) is 9.61 Å². The lowest BCUT2D eigenvalue weighted by molar-refractivity contribution is -0.116. The van der Waals surface area contributed by atoms with Crippen LogP contribution in [-0.4, -0.2) is 31.1 Å². The van der Waals surface area contributed by atoms with Crippen molar-refractivity contribution < 1.29 is 14.6 Å². The highest BCUT2D eigenvalue weighted by Gasteiger charge is 2.07. The van der Waals surface area contributed by atoms with Crippen molar-refractivity contribution in [2.24, 2.45) is 4.99 Å². The summed E-state index contributed by atoms with van der Waals surface area (Å²) in [5, 5.41) is 16.2. The Morgan fingerprint density at radius 1 is 1.64 bits per heavy atom. The maximum atomic E-state index is 10.7. The molecule has 8 heteroatoms. The second kappa shape index (κ2) is 2.91. The molecule has 0 fully saturated rings. The van der Waals surface area contributed by atoms with E-state index in [2.05, 4.69) is 24.9 Å². The van der Waals surface area contributed by atoms with E-state index < -0.39 is 5.91 Å². The molecule has 0 aliphatic carbocycles. The van der Waals surface area contributed by atoms with E-state index in [0.717, 1.165) is 6.33 Å². The Balaban J connectivity index is 2.90. The number of rotatable bonds is 0. The third-order valence-corrected chi connectivity index (χ3v) is 1.45. The number of fused-ring (bicyclic) bond motifs is 1. The maximum Gasteiger partial charge on any atom is 0.244 e. The average Bonchev–Trinajstić information content (AvgIpc) is 2.57. The summed E-state index contributed by atoms with van der Waals surface area (Å²) in [6, 6.07) is 0. The smallest absolute Gasteiger partial charge is 0.244 e. The largest absolute Gasteiger partial charge is 0.425 e. The zero-order chi connectivity index (χ0) is 10.1. The fourth-order valence-corrected chi connectivity index (χ4v) is 0.935. The maximum absolute atomic E-state index is 10.7. The summed E-state index contributed by atoms with van der Waals surface area (Å²) in [5.74, 6) is -0.469. The van der Waals surface area contributed by atoms with Crippen LogP contribution in [0.4, 0.5) is 0 Å². The third kappa shape index (κ3) is 1.22. The van der Waals surface area contributed by atoms with Crippen molar-refractivity contribution in [3.8, 4) is 0 Å². The minimum absolute atomic E-state index is 0.0521. The van der Waals surface area contributed by atoms with E-state index in [9.17, 15) is 10.0 Å². The zero-order valence-corrected chi connectivity index (χ0v) is 7.08. The molecule has 2 heterocycles. The van der Waals surface area contributed by atoms with Gasteiger partial charge in [0.25, 0.3) is 0 Å². The Bertz CT molecular complexity index is 554. The summed E-state index contributed by atoms with van der Waals surface area (Å²) in [7, 11) is 0. The van der Waals surface area contributed by atoms with Gasteiger partial charge in [0.1, 0.15) is 6.33 Å². The number of hydrogen-bond acceptors (Lipinski definition) is 6. The highest BCUT2D eigenvalue weighted by Crippen LogP contribution is 1.96. The molecule has 0 atom stereocenters. The van der Waals surface area contributed by atoms with Crippen LogP contribution in [0, 0.1) is 0 Å². The Morgan fingerprint density at radius 2 is 2.43 bits per heavy atom. The van der Waals surface area contributed by atoms with E-state index in [1.54, 1.807) is 0 Å². The molecule has 2 rings (SSSR count). The molecule has 0 bridgehead atoms. The lowest BCUT2D eigenvalue weighted by Gasteiger charge is -1.94. The Morgan fingerprint density at radius 3 is 3.14 bits per heavy atom. The third-order valence-electron chi connectivity index (χ3n) is 1.45. The Labute approximate surface area is 76.4 Å². The Hall–Kier alpha value is -2.25. The molecule has 72 valence electrons. The summed E-state index contributed by atoms with van der Waals surface area (Å²) in [6.45, 7) is 1.25. The first-order valence-electron chi connectivity index (χ1n) is 3.63. The number of carbonyl (C=O) groups excluding carboxylic acids is 1. The van der Waals surface area contributed by atoms with Gasteiger partial charge in [0.2, 0.25) is 17.0 Å². The molecule has 1 N–H and O–H groups in total. The summed E-state index contributed by atoms with van der Waals surface area (Å²) in [6.07, 6.45) is 1.05. The van der Waals surface area contributed by atoms with Crippen molar-refractivity contribution in [1.82, 2.24) is 20.0 Å². The van der Waals surface area contributed by atoms with Crippen LogP contribution in [0.5, 0.6) is 0 Å². The van der Waals surface area contributed by atoms with E-state index in [0.29, 0.717) is 4.73 Å². The molecule has 0 unspecified atom stereocenters. The van der Waals surface area contributed by atoms with Crippen LogP contribution in [-0.2, 0) is 4.79 Å². The monoisotopic (exact) mass is 195 g/mol. The quantitative estimate of drug-likeness (QED) is 0.546. The normalized spacial score (nSPS) is 12.2. The van der Waals surface area contributed by atoms with Crippen LogP contribution in [0.25, 0.3) is 11.2 Å². The van der Waals surface area contributed by atoms with Gasteiger partial charge in [0.15, 0.2) is 5.52 Å². The molecule has 2 aromatic heterocycles. The highest BCUT2D eigenvalue weighted by molar-refractivity contribution is 5.75. The first-order valence-corrected chi connectivity index (χ1v) is 3.63. The van der Waals surface area contributed by atoms with Crippen molar-refractivity contribution in [3.05, 3.63) is 11.8 Å². The molecule has 8 nitrogen and oxygen atoms in total. The minimum atomic E-state index is -0.469. The molecular formula is C6H5N5O3. The lowest BCUT2D eigenvalue weighted by Crippen LogP contribution is -2.21. The van der Waals surface area contributed by atoms with Crippen LogP contribution < -0.4 is 5.49 Å². The van der Waals surface area contributed by atoms with Gasteiger partial charge in [-0.3, -0.25) is 4.79 Å². The first-order chi connectivity index (χ1) is 6.68. The predicted octanol–water partition coefficient (Wildman–Crippen LogP) is -0.896. The molecule has 2 aromatic rings. The van der Waals surface area contributed by atoms with Crippen molar-refractivity contribution in [2.75, 3.05) is 0 Å². The molecule has 0 spiro atoms. The molecule has 1 amide bonds. The molecule has 0 saturated carbocycles. The lowest BCUT2D eigenvalue weighted by atomic mass is 10.5. The van der Waals surface area contributed by atoms with Gasteiger partial charge in [0, 0.05) is 6.92 Å². The van der Waals surface area contributed by atoms with Crippen molar-refractivity contribution in [2.45, 2.75) is 6.92 Å². The van der Waals surface area contributed by atoms with Crippen molar-refractivity contribution >= 4 is 17.1 Å². The molecule has 0 saturated heterocycles. The summed E-state index contributed by atoms with van der Waals surface area (Å²) < 4.78 is 4.96. The van der Waals surface area contributed by atoms with E-state index in [1.165, 1.54) is 6.92 Å². The molecule has 0 aliphatic rings. The SMILES string of the molecule is CC(=O)N=c1c2nonc2ncn1O. The second-order valence-electron chi connectivity index (χ2n) is 2.48. The minimum Gasteiger partial charge on any atom is -0.425 e. The number of carbonyl (C=O) groups is 1. The fraction of sp³-hybridized carbons (Fsp3) is 0.167. The number of hydrogen-bond donors (Lipinski definition) is 1. The average molecular weight is 195 g/mol. The fourth-order valence-electron chi connectivity index (χ4n) is 0.935. The standard InChI is InChI=1S/C6H5N5O3/c1-3(12)8-6-4-5(10-14-9-4)7-2-11(6)13/h2,13H,1H3. The summed E-state index contributed by atoms with van der Waals surface area (Å²) >= 11 is 0. The number of aromatic nitrogens is 4. The second-order valence-corrected chi connectivity index (χ2v) is 2.48. The molecular weight excluding hydrogens is 190 g/mol. The van der Waals surface area contributed by atoms with E-state index in [-0.39, 0.29) is 16.7 Å². The van der Waals surface area contributed by atoms with Gasteiger partial charge in [-0.15, -0.1) is 0 Å². The van der Waals surface area contributed by atoms with Gasteiger partial charge >= 0.3 is 0 Å². The van der Waals surface area contributed by atoms with Crippen LogP contribution in [0.1, 0.15) is 6.92 Å². The van der Waals surface area contributed by atoms with Crippen molar-refractivity contribution in [3.63, 3.8) is 0 Å². The van der Waals surface area contributed by atoms with Gasteiger partial charge in [-0.05, 0) is 10.3 Å². The summed E-state index contributed by atoms with van der Waals surface area (Å²) in [5.41, 5.74) is 0.254. The van der Waals surface area contributed by atoms with Crippen LogP contribution in [0.3, 0.4) is 0 Å². The molecule has 0 aliphatic heterocycles.